The summed E-state index contributed by atoms with van der Waals surface area (Å²) in [4.78, 5) is 14.1. The summed E-state index contributed by atoms with van der Waals surface area (Å²) < 4.78 is 38.5. The average Bonchev–Trinajstić information content (AvgIpc) is 2.67. The summed E-state index contributed by atoms with van der Waals surface area (Å²) in [6, 6.07) is 4.67. The minimum absolute atomic E-state index is 0.0361. The summed E-state index contributed by atoms with van der Waals surface area (Å²) >= 11 is 0. The molecule has 1 aromatic rings. The number of ether oxygens (including phenoxy) is 2. The number of amides is 1. The smallest absolute Gasteiger partial charge is 0.241 e. The predicted octanol–water partition coefficient (Wildman–Crippen LogP) is 0.973. The highest BCUT2D eigenvalue weighted by Crippen LogP contribution is 2.30. The van der Waals surface area contributed by atoms with Gasteiger partial charge >= 0.3 is 0 Å². The van der Waals surface area contributed by atoms with Crippen LogP contribution in [0.2, 0.25) is 0 Å². The molecule has 8 nitrogen and oxygen atoms in total. The minimum Gasteiger partial charge on any atom is -0.490 e. The van der Waals surface area contributed by atoms with Gasteiger partial charge < -0.3 is 19.7 Å². The lowest BCUT2D eigenvalue weighted by Crippen LogP contribution is -2.49. The largest absolute Gasteiger partial charge is 0.490 e. The SMILES string of the molecule is CCOc1ccc(S(=O)(=O)NCC(=O)N2CCCC(NC)C2)cc1OCC. The van der Waals surface area contributed by atoms with Crippen LogP contribution in [0.1, 0.15) is 26.7 Å². The van der Waals surface area contributed by atoms with E-state index in [1.54, 1.807) is 11.0 Å². The van der Waals surface area contributed by atoms with Gasteiger partial charge in [-0.1, -0.05) is 0 Å². The van der Waals surface area contributed by atoms with Crippen LogP contribution in [0.3, 0.4) is 0 Å². The summed E-state index contributed by atoms with van der Waals surface area (Å²) in [6.07, 6.45) is 1.92. The molecular formula is C18H29N3O5S. The van der Waals surface area contributed by atoms with E-state index in [0.29, 0.717) is 37.8 Å². The number of likely N-dealkylation sites (N-methyl/N-ethyl adjacent to an activating group) is 1. The molecule has 0 aromatic heterocycles. The van der Waals surface area contributed by atoms with E-state index in [-0.39, 0.29) is 23.4 Å². The summed E-state index contributed by atoms with van der Waals surface area (Å²) in [7, 11) is -1.97. The van der Waals surface area contributed by atoms with Crippen LogP contribution in [0.4, 0.5) is 0 Å². The molecule has 0 radical (unpaired) electrons. The van der Waals surface area contributed by atoms with Crippen LogP contribution >= 0.6 is 0 Å². The van der Waals surface area contributed by atoms with Crippen LogP contribution in [0, 0.1) is 0 Å². The Hall–Kier alpha value is -1.84. The maximum absolute atomic E-state index is 12.6. The zero-order valence-corrected chi connectivity index (χ0v) is 17.0. The van der Waals surface area contributed by atoms with Crippen molar-refractivity contribution in [3.05, 3.63) is 18.2 Å². The van der Waals surface area contributed by atoms with Gasteiger partial charge in [-0.3, -0.25) is 4.79 Å². The van der Waals surface area contributed by atoms with Crippen molar-refractivity contribution in [1.82, 2.24) is 14.9 Å². The molecule has 27 heavy (non-hydrogen) atoms. The van der Waals surface area contributed by atoms with Crippen molar-refractivity contribution in [2.75, 3.05) is 39.9 Å². The normalized spacial score (nSPS) is 17.6. The molecule has 1 aliphatic rings. The predicted molar refractivity (Wildman–Crippen MR) is 103 cm³/mol. The Morgan fingerprint density at radius 3 is 2.59 bits per heavy atom. The highest BCUT2D eigenvalue weighted by atomic mass is 32.2. The van der Waals surface area contributed by atoms with Gasteiger partial charge in [-0.25, -0.2) is 13.1 Å². The molecule has 1 aliphatic heterocycles. The fraction of sp³-hybridized carbons (Fsp3) is 0.611. The Kier molecular flexibility index (Phi) is 7.88. The lowest BCUT2D eigenvalue weighted by atomic mass is 10.1. The van der Waals surface area contributed by atoms with Gasteiger partial charge in [0.15, 0.2) is 11.5 Å². The van der Waals surface area contributed by atoms with Gasteiger partial charge in [0.05, 0.1) is 24.7 Å². The number of piperidine rings is 1. The van der Waals surface area contributed by atoms with Crippen LogP contribution in [0.25, 0.3) is 0 Å². The summed E-state index contributed by atoms with van der Waals surface area (Å²) in [6.45, 7) is 5.46. The first kappa shape index (κ1) is 21.5. The molecular weight excluding hydrogens is 370 g/mol. The Bertz CT molecular complexity index is 739. The van der Waals surface area contributed by atoms with Crippen molar-refractivity contribution in [3.63, 3.8) is 0 Å². The van der Waals surface area contributed by atoms with E-state index in [4.69, 9.17) is 9.47 Å². The standard InChI is InChI=1S/C18H29N3O5S/c1-4-25-16-9-8-15(11-17(16)26-5-2)27(23,24)20-12-18(22)21-10-6-7-14(13-21)19-3/h8-9,11,14,19-20H,4-7,10,12-13H2,1-3H3. The third-order valence-corrected chi connectivity index (χ3v) is 5.82. The molecule has 2 rings (SSSR count). The molecule has 1 atom stereocenters. The Morgan fingerprint density at radius 1 is 1.22 bits per heavy atom. The van der Waals surface area contributed by atoms with Gasteiger partial charge in [0.1, 0.15) is 0 Å². The third-order valence-electron chi connectivity index (χ3n) is 4.42. The van der Waals surface area contributed by atoms with E-state index >= 15 is 0 Å². The fourth-order valence-electron chi connectivity index (χ4n) is 2.99. The van der Waals surface area contributed by atoms with E-state index < -0.39 is 10.0 Å². The molecule has 9 heteroatoms. The number of nitrogens with zero attached hydrogens (tertiary/aromatic N) is 1. The van der Waals surface area contributed by atoms with Crippen LogP contribution in [0.5, 0.6) is 11.5 Å². The average molecular weight is 400 g/mol. The Balaban J connectivity index is 2.05. The number of nitrogens with one attached hydrogen (secondary N) is 2. The second-order valence-electron chi connectivity index (χ2n) is 6.27. The maximum Gasteiger partial charge on any atom is 0.241 e. The molecule has 1 fully saturated rings. The Labute approximate surface area is 161 Å². The van der Waals surface area contributed by atoms with Crippen molar-refractivity contribution in [2.45, 2.75) is 37.6 Å². The number of sulfonamides is 1. The van der Waals surface area contributed by atoms with E-state index in [0.717, 1.165) is 12.8 Å². The van der Waals surface area contributed by atoms with Gasteiger partial charge in [-0.15, -0.1) is 0 Å². The van der Waals surface area contributed by atoms with E-state index in [1.807, 2.05) is 20.9 Å². The van der Waals surface area contributed by atoms with Crippen molar-refractivity contribution in [1.29, 1.82) is 0 Å². The van der Waals surface area contributed by atoms with Crippen LogP contribution in [-0.4, -0.2) is 65.2 Å². The Morgan fingerprint density at radius 2 is 1.93 bits per heavy atom. The molecule has 1 amide bonds. The number of benzene rings is 1. The molecule has 152 valence electrons. The van der Waals surface area contributed by atoms with Crippen molar-refractivity contribution < 1.29 is 22.7 Å². The lowest BCUT2D eigenvalue weighted by Gasteiger charge is -2.32. The van der Waals surface area contributed by atoms with Gasteiger partial charge in [-0.2, -0.15) is 0 Å². The van der Waals surface area contributed by atoms with Gasteiger partial charge in [-0.05, 0) is 45.9 Å². The van der Waals surface area contributed by atoms with Crippen molar-refractivity contribution in [2.24, 2.45) is 0 Å². The van der Waals surface area contributed by atoms with E-state index in [2.05, 4.69) is 10.0 Å². The van der Waals surface area contributed by atoms with E-state index in [9.17, 15) is 13.2 Å². The third kappa shape index (κ3) is 5.82. The molecule has 0 spiro atoms. The molecule has 1 heterocycles. The zero-order chi connectivity index (χ0) is 19.9. The number of hydrogen-bond acceptors (Lipinski definition) is 6. The molecule has 1 unspecified atom stereocenters. The quantitative estimate of drug-likeness (QED) is 0.642. The summed E-state index contributed by atoms with van der Waals surface area (Å²) in [5.74, 6) is 0.622. The van der Waals surface area contributed by atoms with Crippen molar-refractivity contribution in [3.8, 4) is 11.5 Å². The van der Waals surface area contributed by atoms with Gasteiger partial charge in [0.25, 0.3) is 0 Å². The molecule has 1 aromatic carbocycles. The van der Waals surface area contributed by atoms with Crippen LogP contribution in [0.15, 0.2) is 23.1 Å². The number of rotatable bonds is 9. The number of carbonyl (C=O) groups is 1. The molecule has 0 aliphatic carbocycles. The van der Waals surface area contributed by atoms with E-state index in [1.165, 1.54) is 12.1 Å². The first-order chi connectivity index (χ1) is 12.9. The number of likely N-dealkylation sites (tertiary alicyclic amines) is 1. The van der Waals surface area contributed by atoms with Crippen LogP contribution < -0.4 is 19.5 Å². The van der Waals surface area contributed by atoms with Crippen LogP contribution in [-0.2, 0) is 14.8 Å². The van der Waals surface area contributed by atoms with Gasteiger partial charge in [0, 0.05) is 25.2 Å². The summed E-state index contributed by atoms with van der Waals surface area (Å²) in [5.41, 5.74) is 0. The maximum atomic E-state index is 12.6. The molecule has 0 saturated carbocycles. The first-order valence-electron chi connectivity index (χ1n) is 9.25. The highest BCUT2D eigenvalue weighted by molar-refractivity contribution is 7.89. The zero-order valence-electron chi connectivity index (χ0n) is 16.2. The minimum atomic E-state index is -3.83. The molecule has 0 bridgehead atoms. The highest BCUT2D eigenvalue weighted by Gasteiger charge is 2.24. The molecule has 1 saturated heterocycles. The second-order valence-corrected chi connectivity index (χ2v) is 8.03. The summed E-state index contributed by atoms with van der Waals surface area (Å²) in [5, 5.41) is 3.16. The number of hydrogen-bond donors (Lipinski definition) is 2. The monoisotopic (exact) mass is 399 g/mol. The topological polar surface area (TPSA) is 97.0 Å². The fourth-order valence-corrected chi connectivity index (χ4v) is 3.98. The lowest BCUT2D eigenvalue weighted by molar-refractivity contribution is -0.131. The molecule has 2 N–H and O–H groups in total. The second kappa shape index (κ2) is 9.91. The first-order valence-corrected chi connectivity index (χ1v) is 10.7. The van der Waals surface area contributed by atoms with Gasteiger partial charge in [0.2, 0.25) is 15.9 Å². The van der Waals surface area contributed by atoms with Crippen molar-refractivity contribution >= 4 is 15.9 Å². The number of carbonyl (C=O) groups excluding carboxylic acids is 1.